The van der Waals surface area contributed by atoms with Crippen LogP contribution in [0.2, 0.25) is 0 Å². The molecule has 0 N–H and O–H groups in total. The van der Waals surface area contributed by atoms with E-state index in [0.29, 0.717) is 0 Å². The molecule has 0 saturated carbocycles. The van der Waals surface area contributed by atoms with Crippen molar-refractivity contribution in [1.82, 2.24) is 0 Å². The Bertz CT molecular complexity index is 332. The van der Waals surface area contributed by atoms with Gasteiger partial charge in [-0.15, -0.1) is 7.77 Å². The minimum Gasteiger partial charge on any atom is -0.204 e. The number of halogens is 4. The quantitative estimate of drug-likeness (QED) is 0.524. The van der Waals surface area contributed by atoms with Crippen molar-refractivity contribution < 1.29 is 33.4 Å². The summed E-state index contributed by atoms with van der Waals surface area (Å²) in [6.07, 6.45) is 0. The summed E-state index contributed by atoms with van der Waals surface area (Å²) in [5.41, 5.74) is 0. The van der Waals surface area contributed by atoms with Crippen LogP contribution in [0.25, 0.3) is 0 Å². The lowest BCUT2D eigenvalue weighted by atomic mass is 10.5. The van der Waals surface area contributed by atoms with Crippen LogP contribution in [0.1, 0.15) is 0 Å². The van der Waals surface area contributed by atoms with E-state index in [4.69, 9.17) is 0 Å². The monoisotopic (exact) mass is 244 g/mol. The molecule has 0 unspecified atom stereocenters. The largest absolute Gasteiger partial charge is 0.308 e. The zero-order valence-electron chi connectivity index (χ0n) is 5.88. The van der Waals surface area contributed by atoms with E-state index >= 15 is 0 Å². The summed E-state index contributed by atoms with van der Waals surface area (Å²) in [4.78, 5) is 0. The summed E-state index contributed by atoms with van der Waals surface area (Å²) in [6, 6.07) is 0. The van der Waals surface area contributed by atoms with E-state index < -0.39 is 37.9 Å². The SMILES string of the molecule is O=S(=O)(F)CC(F)(F)CS(=O)(=O)F. The van der Waals surface area contributed by atoms with E-state index in [2.05, 4.69) is 0 Å². The lowest BCUT2D eigenvalue weighted by Gasteiger charge is -2.09. The molecule has 0 aromatic heterocycles. The van der Waals surface area contributed by atoms with Gasteiger partial charge in [-0.1, -0.05) is 0 Å². The smallest absolute Gasteiger partial charge is 0.204 e. The first kappa shape index (κ1) is 12.6. The molecule has 0 saturated heterocycles. The van der Waals surface area contributed by atoms with Crippen LogP contribution in [-0.4, -0.2) is 34.3 Å². The number of hydrogen-bond acceptors (Lipinski definition) is 4. The second-order valence-electron chi connectivity index (χ2n) is 2.22. The molecule has 0 aromatic rings. The highest BCUT2D eigenvalue weighted by atomic mass is 32.3. The lowest BCUT2D eigenvalue weighted by molar-refractivity contribution is 0.0493. The third-order valence-corrected chi connectivity index (χ3v) is 2.30. The highest BCUT2D eigenvalue weighted by molar-refractivity contribution is 7.87. The highest BCUT2D eigenvalue weighted by Gasteiger charge is 2.40. The molecule has 80 valence electrons. The zero-order valence-corrected chi connectivity index (χ0v) is 7.51. The van der Waals surface area contributed by atoms with Crippen LogP contribution in [0.4, 0.5) is 16.6 Å². The molecule has 0 radical (unpaired) electrons. The fourth-order valence-corrected chi connectivity index (χ4v) is 1.89. The van der Waals surface area contributed by atoms with Gasteiger partial charge in [0.05, 0.1) is 0 Å². The van der Waals surface area contributed by atoms with E-state index in [1.165, 1.54) is 0 Å². The van der Waals surface area contributed by atoms with Crippen LogP contribution < -0.4 is 0 Å². The maximum Gasteiger partial charge on any atom is 0.308 e. The van der Waals surface area contributed by atoms with Gasteiger partial charge in [0, 0.05) is 0 Å². The van der Waals surface area contributed by atoms with Crippen LogP contribution in [0.5, 0.6) is 0 Å². The molecule has 0 fully saturated rings. The van der Waals surface area contributed by atoms with E-state index in [9.17, 15) is 33.4 Å². The molecule has 13 heavy (non-hydrogen) atoms. The first-order valence-corrected chi connectivity index (χ1v) is 5.74. The molecule has 0 rings (SSSR count). The van der Waals surface area contributed by atoms with Crippen molar-refractivity contribution >= 4 is 20.4 Å². The van der Waals surface area contributed by atoms with Gasteiger partial charge in [-0.3, -0.25) is 0 Å². The van der Waals surface area contributed by atoms with Crippen molar-refractivity contribution in [2.24, 2.45) is 0 Å². The van der Waals surface area contributed by atoms with E-state index in [1.54, 1.807) is 0 Å². The third-order valence-electron chi connectivity index (χ3n) is 0.767. The Kier molecular flexibility index (Phi) is 3.31. The highest BCUT2D eigenvalue weighted by Crippen LogP contribution is 2.20. The molecule has 0 aromatic carbocycles. The number of rotatable bonds is 4. The van der Waals surface area contributed by atoms with Crippen molar-refractivity contribution in [2.45, 2.75) is 5.92 Å². The maximum atomic E-state index is 12.2. The Balaban J connectivity index is 4.62. The topological polar surface area (TPSA) is 68.3 Å². The van der Waals surface area contributed by atoms with E-state index in [-0.39, 0.29) is 0 Å². The molecular formula is C3H4F4O4S2. The van der Waals surface area contributed by atoms with Crippen molar-refractivity contribution in [3.63, 3.8) is 0 Å². The average molecular weight is 244 g/mol. The fourth-order valence-electron chi connectivity index (χ4n) is 0.546. The molecular weight excluding hydrogens is 240 g/mol. The predicted octanol–water partition coefficient (Wildman–Crippen LogP) is 0.220. The van der Waals surface area contributed by atoms with E-state index in [0.717, 1.165) is 0 Å². The van der Waals surface area contributed by atoms with Crippen molar-refractivity contribution in [2.75, 3.05) is 11.5 Å². The zero-order chi connectivity index (χ0) is 10.9. The van der Waals surface area contributed by atoms with Gasteiger partial charge in [-0.25, -0.2) is 8.78 Å². The van der Waals surface area contributed by atoms with Gasteiger partial charge in [0.2, 0.25) is 0 Å². The van der Waals surface area contributed by atoms with Gasteiger partial charge in [-0.2, -0.15) is 16.8 Å². The molecule has 0 heterocycles. The first-order chi connectivity index (χ1) is 5.41. The Morgan fingerprint density at radius 1 is 0.846 bits per heavy atom. The average Bonchev–Trinajstić information content (AvgIpc) is 1.43. The molecule has 0 spiro atoms. The van der Waals surface area contributed by atoms with Gasteiger partial charge in [-0.05, 0) is 0 Å². The summed E-state index contributed by atoms with van der Waals surface area (Å²) < 4.78 is 86.3. The second-order valence-corrected chi connectivity index (χ2v) is 4.96. The van der Waals surface area contributed by atoms with Gasteiger partial charge >= 0.3 is 20.4 Å². The van der Waals surface area contributed by atoms with Crippen molar-refractivity contribution in [3.8, 4) is 0 Å². The molecule has 0 aliphatic heterocycles. The fraction of sp³-hybridized carbons (Fsp3) is 1.00. The maximum absolute atomic E-state index is 12.2. The van der Waals surface area contributed by atoms with Crippen LogP contribution in [-0.2, 0) is 20.4 Å². The molecule has 0 bridgehead atoms. The Labute approximate surface area is 72.0 Å². The normalized spacial score (nSPS) is 14.5. The van der Waals surface area contributed by atoms with Gasteiger partial charge < -0.3 is 0 Å². The summed E-state index contributed by atoms with van der Waals surface area (Å²) >= 11 is 0. The van der Waals surface area contributed by atoms with Crippen LogP contribution in [0, 0.1) is 0 Å². The lowest BCUT2D eigenvalue weighted by Crippen LogP contribution is -2.32. The summed E-state index contributed by atoms with van der Waals surface area (Å²) in [5, 5.41) is 0. The van der Waals surface area contributed by atoms with Crippen LogP contribution in [0.15, 0.2) is 0 Å². The van der Waals surface area contributed by atoms with Gasteiger partial charge in [0.1, 0.15) is 11.5 Å². The molecule has 0 atom stereocenters. The van der Waals surface area contributed by atoms with Gasteiger partial charge in [0.25, 0.3) is 5.92 Å². The molecule has 4 nitrogen and oxygen atoms in total. The summed E-state index contributed by atoms with van der Waals surface area (Å²) in [5.74, 6) is -9.15. The summed E-state index contributed by atoms with van der Waals surface area (Å²) in [6.45, 7) is 0. The minimum atomic E-state index is -5.54. The molecule has 10 heteroatoms. The van der Waals surface area contributed by atoms with Gasteiger partial charge in [0.15, 0.2) is 0 Å². The molecule has 0 amide bonds. The predicted molar refractivity (Wildman–Crippen MR) is 34.7 cm³/mol. The van der Waals surface area contributed by atoms with Crippen molar-refractivity contribution in [3.05, 3.63) is 0 Å². The Morgan fingerprint density at radius 3 is 1.23 bits per heavy atom. The first-order valence-electron chi connectivity index (χ1n) is 2.64. The van der Waals surface area contributed by atoms with Crippen LogP contribution >= 0.6 is 0 Å². The standard InChI is InChI=1S/C3H4F4O4S2/c4-3(5,1-12(6,8)9)2-13(7,10)11/h1-2H2. The molecule has 0 aliphatic carbocycles. The second kappa shape index (κ2) is 3.40. The third kappa shape index (κ3) is 7.96. The van der Waals surface area contributed by atoms with Crippen LogP contribution in [0.3, 0.4) is 0 Å². The molecule has 0 aliphatic rings. The number of alkyl halides is 2. The Morgan fingerprint density at radius 2 is 1.08 bits per heavy atom. The Hall–Kier alpha value is -0.380. The van der Waals surface area contributed by atoms with Crippen molar-refractivity contribution in [1.29, 1.82) is 0 Å². The summed E-state index contributed by atoms with van der Waals surface area (Å²) in [7, 11) is -11.1. The van der Waals surface area contributed by atoms with E-state index in [1.807, 2.05) is 0 Å². The number of hydrogen-bond donors (Lipinski definition) is 0. The minimum absolute atomic E-state index is 2.34.